The Morgan fingerprint density at radius 2 is 1.84 bits per heavy atom. The minimum Gasteiger partial charge on any atom is -0.468 e. The lowest BCUT2D eigenvalue weighted by molar-refractivity contribution is -0.145. The second kappa shape index (κ2) is 7.19. The normalized spacial score (nSPS) is 30.2. The molecule has 1 aliphatic heterocycles. The molecular formula is C24H26N2O4S. The second-order valence-electron chi connectivity index (χ2n) is 8.81. The molecule has 162 valence electrons. The van der Waals surface area contributed by atoms with Crippen molar-refractivity contribution in [2.45, 2.75) is 43.7 Å². The number of amidine groups is 1. The first-order valence-electron chi connectivity index (χ1n) is 10.7. The van der Waals surface area contributed by atoms with Gasteiger partial charge in [0.25, 0.3) is 10.0 Å². The molecule has 0 unspecified atom stereocenters. The summed E-state index contributed by atoms with van der Waals surface area (Å²) in [6.45, 7) is 2.43. The van der Waals surface area contributed by atoms with Crippen LogP contribution in [0.2, 0.25) is 0 Å². The van der Waals surface area contributed by atoms with E-state index in [9.17, 15) is 13.2 Å². The summed E-state index contributed by atoms with van der Waals surface area (Å²) in [7, 11) is -2.59. The van der Waals surface area contributed by atoms with Gasteiger partial charge in [-0.25, -0.2) is 0 Å². The van der Waals surface area contributed by atoms with Crippen LogP contribution in [0.4, 0.5) is 0 Å². The maximum atomic E-state index is 13.3. The quantitative estimate of drug-likeness (QED) is 0.668. The first-order valence-corrected chi connectivity index (χ1v) is 12.1. The number of aryl methyl sites for hydroxylation is 1. The van der Waals surface area contributed by atoms with Crippen molar-refractivity contribution in [1.29, 1.82) is 0 Å². The first-order chi connectivity index (χ1) is 14.9. The average Bonchev–Trinajstić information content (AvgIpc) is 3.38. The molecule has 2 aromatic rings. The lowest BCUT2D eigenvalue weighted by atomic mass is 9.93. The van der Waals surface area contributed by atoms with Crippen molar-refractivity contribution >= 4 is 21.8 Å². The Bertz CT molecular complexity index is 1140. The van der Waals surface area contributed by atoms with Gasteiger partial charge < -0.3 is 9.64 Å². The molecule has 0 spiro atoms. The Hall–Kier alpha value is -2.67. The molecule has 1 saturated heterocycles. The van der Waals surface area contributed by atoms with Crippen LogP contribution >= 0.6 is 0 Å². The Morgan fingerprint density at radius 1 is 1.13 bits per heavy atom. The van der Waals surface area contributed by atoms with Gasteiger partial charge in [0.1, 0.15) is 11.3 Å². The fourth-order valence-electron chi connectivity index (χ4n) is 5.78. The third-order valence-electron chi connectivity index (χ3n) is 7.15. The van der Waals surface area contributed by atoms with Crippen LogP contribution in [-0.4, -0.2) is 38.3 Å². The van der Waals surface area contributed by atoms with Gasteiger partial charge in [-0.1, -0.05) is 54.4 Å². The van der Waals surface area contributed by atoms with Crippen molar-refractivity contribution in [3.8, 4) is 0 Å². The Kier molecular flexibility index (Phi) is 4.70. The van der Waals surface area contributed by atoms with Crippen molar-refractivity contribution in [1.82, 2.24) is 4.90 Å². The van der Waals surface area contributed by atoms with E-state index in [4.69, 9.17) is 4.74 Å². The molecule has 0 bridgehead atoms. The number of fused-ring (bicyclic) bond motifs is 1. The molecule has 4 atom stereocenters. The van der Waals surface area contributed by atoms with Crippen LogP contribution < -0.4 is 0 Å². The number of esters is 1. The second-order valence-corrected chi connectivity index (χ2v) is 10.4. The molecule has 2 saturated carbocycles. The number of sulfonamides is 1. The van der Waals surface area contributed by atoms with Gasteiger partial charge in [-0.15, -0.1) is 4.40 Å². The van der Waals surface area contributed by atoms with Crippen LogP contribution in [-0.2, 0) is 26.1 Å². The number of rotatable bonds is 5. The monoisotopic (exact) mass is 438 g/mol. The van der Waals surface area contributed by atoms with Gasteiger partial charge >= 0.3 is 5.97 Å². The number of nitrogens with zero attached hydrogens (tertiary/aromatic N) is 2. The maximum absolute atomic E-state index is 13.3. The molecule has 5 rings (SSSR count). The molecule has 2 aromatic carbocycles. The average molecular weight is 439 g/mol. The summed E-state index contributed by atoms with van der Waals surface area (Å²) < 4.78 is 36.1. The van der Waals surface area contributed by atoms with E-state index >= 15 is 0 Å². The van der Waals surface area contributed by atoms with Crippen LogP contribution in [0.1, 0.15) is 30.4 Å². The third kappa shape index (κ3) is 3.01. The Morgan fingerprint density at radius 3 is 2.52 bits per heavy atom. The highest BCUT2D eigenvalue weighted by Crippen LogP contribution is 2.72. The minimum absolute atomic E-state index is 0.0735. The number of likely N-dealkylation sites (tertiary alicyclic amines) is 1. The summed E-state index contributed by atoms with van der Waals surface area (Å²) in [4.78, 5) is 15.3. The minimum atomic E-state index is -3.96. The zero-order valence-electron chi connectivity index (χ0n) is 17.7. The number of carbonyl (C=O) groups excluding carboxylic acids is 1. The molecule has 2 aliphatic carbocycles. The summed E-state index contributed by atoms with van der Waals surface area (Å²) in [5, 5.41) is 0. The summed E-state index contributed by atoms with van der Waals surface area (Å²) in [6.07, 6.45) is 2.85. The van der Waals surface area contributed by atoms with E-state index in [0.29, 0.717) is 12.4 Å². The van der Waals surface area contributed by atoms with Crippen LogP contribution in [0, 0.1) is 24.2 Å². The number of hydrogen-bond acceptors (Lipinski definition) is 4. The van der Waals surface area contributed by atoms with E-state index < -0.39 is 15.4 Å². The van der Waals surface area contributed by atoms with Gasteiger partial charge in [-0.2, -0.15) is 8.42 Å². The molecule has 3 fully saturated rings. The van der Waals surface area contributed by atoms with Crippen molar-refractivity contribution in [3.05, 3.63) is 65.7 Å². The number of carbonyl (C=O) groups is 1. The van der Waals surface area contributed by atoms with E-state index in [1.165, 1.54) is 7.11 Å². The predicted molar refractivity (Wildman–Crippen MR) is 117 cm³/mol. The van der Waals surface area contributed by atoms with E-state index in [2.05, 4.69) is 9.30 Å². The Labute approximate surface area is 183 Å². The molecule has 3 aliphatic rings. The maximum Gasteiger partial charge on any atom is 0.320 e. The topological polar surface area (TPSA) is 76.0 Å². The van der Waals surface area contributed by atoms with E-state index in [-0.39, 0.29) is 28.7 Å². The highest BCUT2D eigenvalue weighted by molar-refractivity contribution is 7.90. The zero-order chi connectivity index (χ0) is 21.8. The van der Waals surface area contributed by atoms with E-state index in [0.717, 1.165) is 30.4 Å². The van der Waals surface area contributed by atoms with Gasteiger partial charge in [-0.3, -0.25) is 4.79 Å². The van der Waals surface area contributed by atoms with Crippen LogP contribution in [0.5, 0.6) is 0 Å². The van der Waals surface area contributed by atoms with Crippen LogP contribution in [0.25, 0.3) is 0 Å². The summed E-state index contributed by atoms with van der Waals surface area (Å²) in [5.41, 5.74) is 1.09. The van der Waals surface area contributed by atoms with Crippen molar-refractivity contribution < 1.29 is 17.9 Å². The molecule has 31 heavy (non-hydrogen) atoms. The predicted octanol–water partition coefficient (Wildman–Crippen LogP) is 3.56. The SMILES string of the molecule is COC(=O)[C@@]12/C(=N\S(=O)(=O)c3ccc(C)cc3)N(Cc3ccccc3)[C@H]3CCC[C@@H]1[C@H]32. The van der Waals surface area contributed by atoms with Gasteiger partial charge in [0.15, 0.2) is 0 Å². The standard InChI is InChI=1S/C24H26N2O4S/c1-16-11-13-18(14-12-16)31(28,29)25-22-24(23(27)30-2)19-9-6-10-20(21(19)24)26(22)15-17-7-4-3-5-8-17/h3-5,7-8,11-14,19-21H,6,9-10,15H2,1-2H3/b25-22+/t19-,20+,21-,24+/m1/s1. The van der Waals surface area contributed by atoms with Crippen LogP contribution in [0.15, 0.2) is 63.9 Å². The number of ether oxygens (including phenoxy) is 1. The fraction of sp³-hybridized carbons (Fsp3) is 0.417. The number of benzene rings is 2. The van der Waals surface area contributed by atoms with Crippen molar-refractivity contribution in [2.24, 2.45) is 21.6 Å². The molecule has 0 radical (unpaired) electrons. The third-order valence-corrected chi connectivity index (χ3v) is 8.43. The molecule has 0 aromatic heterocycles. The van der Waals surface area contributed by atoms with Gasteiger partial charge in [0.2, 0.25) is 0 Å². The van der Waals surface area contributed by atoms with Gasteiger partial charge in [0, 0.05) is 18.5 Å². The summed E-state index contributed by atoms with van der Waals surface area (Å²) >= 11 is 0. The van der Waals surface area contributed by atoms with Gasteiger partial charge in [0.05, 0.1) is 12.0 Å². The number of piperidine rings is 1. The molecule has 6 nitrogen and oxygen atoms in total. The van der Waals surface area contributed by atoms with Crippen LogP contribution in [0.3, 0.4) is 0 Å². The molecule has 7 heteroatoms. The highest BCUT2D eigenvalue weighted by Gasteiger charge is 2.82. The summed E-state index contributed by atoms with van der Waals surface area (Å²) in [5.74, 6) is 0.188. The van der Waals surface area contributed by atoms with E-state index in [1.54, 1.807) is 24.3 Å². The van der Waals surface area contributed by atoms with E-state index in [1.807, 2.05) is 37.3 Å². The number of methoxy groups -OCH3 is 1. The zero-order valence-corrected chi connectivity index (χ0v) is 18.5. The lowest BCUT2D eigenvalue weighted by Crippen LogP contribution is -2.43. The largest absolute Gasteiger partial charge is 0.468 e. The summed E-state index contributed by atoms with van der Waals surface area (Å²) in [6, 6.07) is 16.7. The van der Waals surface area contributed by atoms with Gasteiger partial charge in [-0.05, 0) is 43.4 Å². The smallest absolute Gasteiger partial charge is 0.320 e. The number of hydrogen-bond donors (Lipinski definition) is 0. The van der Waals surface area contributed by atoms with Crippen molar-refractivity contribution in [2.75, 3.05) is 7.11 Å². The van der Waals surface area contributed by atoms with Crippen molar-refractivity contribution in [3.63, 3.8) is 0 Å². The first kappa shape index (κ1) is 20.2. The molecule has 0 N–H and O–H groups in total. The molecule has 1 heterocycles. The fourth-order valence-corrected chi connectivity index (χ4v) is 6.85. The highest BCUT2D eigenvalue weighted by atomic mass is 32.2. The molecule has 0 amide bonds. The molecular weight excluding hydrogens is 412 g/mol. The lowest BCUT2D eigenvalue weighted by Gasteiger charge is -2.35. The Balaban J connectivity index is 1.63.